The Bertz CT molecular complexity index is 250. The van der Waals surface area contributed by atoms with Crippen molar-refractivity contribution in [3.8, 4) is 0 Å². The molecule has 11 heavy (non-hydrogen) atoms. The summed E-state index contributed by atoms with van der Waals surface area (Å²) in [5, 5.41) is 8.70. The van der Waals surface area contributed by atoms with Gasteiger partial charge in [-0.05, 0) is 40.0 Å². The Balaban J connectivity index is 3.21. The first-order chi connectivity index (χ1) is 5.15. The Morgan fingerprint density at radius 2 is 2.18 bits per heavy atom. The fraction of sp³-hybridized carbons (Fsp3) is 0.250. The maximum absolute atomic E-state index is 12.9. The summed E-state index contributed by atoms with van der Waals surface area (Å²) in [6.45, 7) is 1.66. The average Bonchev–Trinajstić information content (AvgIpc) is 1.99. The zero-order valence-corrected chi connectivity index (χ0v) is 7.65. The Morgan fingerprint density at radius 1 is 1.55 bits per heavy atom. The van der Waals surface area contributed by atoms with Gasteiger partial charge in [0.1, 0.15) is 5.82 Å². The van der Waals surface area contributed by atoms with E-state index in [0.29, 0.717) is 10.0 Å². The van der Waals surface area contributed by atoms with Crippen molar-refractivity contribution < 1.29 is 9.50 Å². The SMILES string of the molecule is Cc1cc(CO)cc(F)c1Br. The largest absolute Gasteiger partial charge is 0.392 e. The molecule has 0 fully saturated rings. The lowest BCUT2D eigenvalue weighted by molar-refractivity contribution is 0.281. The molecule has 60 valence electrons. The van der Waals surface area contributed by atoms with Crippen LogP contribution in [0.1, 0.15) is 11.1 Å². The monoisotopic (exact) mass is 218 g/mol. The van der Waals surface area contributed by atoms with E-state index >= 15 is 0 Å². The smallest absolute Gasteiger partial charge is 0.138 e. The Kier molecular flexibility index (Phi) is 2.62. The number of hydrogen-bond donors (Lipinski definition) is 1. The first kappa shape index (κ1) is 8.68. The topological polar surface area (TPSA) is 20.2 Å². The van der Waals surface area contributed by atoms with E-state index in [0.717, 1.165) is 5.56 Å². The molecule has 0 aliphatic carbocycles. The summed E-state index contributed by atoms with van der Waals surface area (Å²) in [6.07, 6.45) is 0. The number of aryl methyl sites for hydroxylation is 1. The zero-order chi connectivity index (χ0) is 8.43. The van der Waals surface area contributed by atoms with Crippen LogP contribution in [-0.2, 0) is 6.61 Å². The maximum Gasteiger partial charge on any atom is 0.138 e. The standard InChI is InChI=1S/C8H8BrFO/c1-5-2-6(4-11)3-7(10)8(5)9/h2-3,11H,4H2,1H3. The van der Waals surface area contributed by atoms with Gasteiger partial charge in [0.2, 0.25) is 0 Å². The molecule has 0 spiro atoms. The summed E-state index contributed by atoms with van der Waals surface area (Å²) in [7, 11) is 0. The van der Waals surface area contributed by atoms with Crippen molar-refractivity contribution in [2.75, 3.05) is 0 Å². The summed E-state index contributed by atoms with van der Waals surface area (Å²) in [5.41, 5.74) is 1.40. The molecule has 0 aromatic heterocycles. The highest BCUT2D eigenvalue weighted by molar-refractivity contribution is 9.10. The van der Waals surface area contributed by atoms with Gasteiger partial charge in [-0.2, -0.15) is 0 Å². The molecule has 1 N–H and O–H groups in total. The number of aliphatic hydroxyl groups excluding tert-OH is 1. The lowest BCUT2D eigenvalue weighted by Gasteiger charge is -2.02. The molecule has 0 saturated heterocycles. The van der Waals surface area contributed by atoms with Gasteiger partial charge < -0.3 is 5.11 Å². The minimum atomic E-state index is -0.325. The van der Waals surface area contributed by atoms with Gasteiger partial charge in [0, 0.05) is 0 Å². The van der Waals surface area contributed by atoms with Gasteiger partial charge >= 0.3 is 0 Å². The predicted octanol–water partition coefficient (Wildman–Crippen LogP) is 2.39. The first-order valence-corrected chi connectivity index (χ1v) is 4.00. The number of hydrogen-bond acceptors (Lipinski definition) is 1. The van der Waals surface area contributed by atoms with Crippen LogP contribution in [0.25, 0.3) is 0 Å². The molecule has 3 heteroatoms. The molecule has 0 aliphatic heterocycles. The molecule has 0 saturated carbocycles. The second-order valence-corrected chi connectivity index (χ2v) is 3.16. The van der Waals surface area contributed by atoms with Crippen molar-refractivity contribution in [1.29, 1.82) is 0 Å². The summed E-state index contributed by atoms with van der Waals surface area (Å²) in [6, 6.07) is 3.06. The van der Waals surface area contributed by atoms with Gasteiger partial charge in [0.25, 0.3) is 0 Å². The van der Waals surface area contributed by atoms with Crippen LogP contribution < -0.4 is 0 Å². The molecule has 0 aliphatic rings. The van der Waals surface area contributed by atoms with Crippen molar-refractivity contribution in [3.63, 3.8) is 0 Å². The summed E-state index contributed by atoms with van der Waals surface area (Å²) in [4.78, 5) is 0. The minimum Gasteiger partial charge on any atom is -0.392 e. The van der Waals surface area contributed by atoms with Crippen LogP contribution in [0.5, 0.6) is 0 Å². The number of halogens is 2. The molecule has 0 bridgehead atoms. The third-order valence-electron chi connectivity index (χ3n) is 1.45. The van der Waals surface area contributed by atoms with E-state index in [9.17, 15) is 4.39 Å². The molecule has 0 atom stereocenters. The van der Waals surface area contributed by atoms with E-state index in [1.165, 1.54) is 6.07 Å². The van der Waals surface area contributed by atoms with Gasteiger partial charge in [-0.3, -0.25) is 0 Å². The van der Waals surface area contributed by atoms with Crippen molar-refractivity contribution in [3.05, 3.63) is 33.5 Å². The highest BCUT2D eigenvalue weighted by Crippen LogP contribution is 2.21. The Hall–Kier alpha value is -0.410. The van der Waals surface area contributed by atoms with Gasteiger partial charge in [-0.25, -0.2) is 4.39 Å². The molecule has 0 radical (unpaired) electrons. The fourth-order valence-electron chi connectivity index (χ4n) is 0.889. The first-order valence-electron chi connectivity index (χ1n) is 3.20. The van der Waals surface area contributed by atoms with Crippen LogP contribution in [0.3, 0.4) is 0 Å². The van der Waals surface area contributed by atoms with E-state index in [1.807, 2.05) is 0 Å². The molecule has 1 nitrogen and oxygen atoms in total. The Morgan fingerprint density at radius 3 is 2.64 bits per heavy atom. The van der Waals surface area contributed by atoms with Crippen molar-refractivity contribution in [1.82, 2.24) is 0 Å². The van der Waals surface area contributed by atoms with E-state index in [4.69, 9.17) is 5.11 Å². The van der Waals surface area contributed by atoms with Gasteiger partial charge in [0.15, 0.2) is 0 Å². The average molecular weight is 219 g/mol. The fourth-order valence-corrected chi connectivity index (χ4v) is 1.12. The van der Waals surface area contributed by atoms with Crippen molar-refractivity contribution >= 4 is 15.9 Å². The molecule has 0 amide bonds. The molecular weight excluding hydrogens is 211 g/mol. The zero-order valence-electron chi connectivity index (χ0n) is 6.06. The summed E-state index contributed by atoms with van der Waals surface area (Å²) < 4.78 is 13.3. The van der Waals surface area contributed by atoms with E-state index < -0.39 is 0 Å². The van der Waals surface area contributed by atoms with Crippen LogP contribution in [0.4, 0.5) is 4.39 Å². The normalized spacial score (nSPS) is 10.2. The van der Waals surface area contributed by atoms with Crippen molar-refractivity contribution in [2.45, 2.75) is 13.5 Å². The maximum atomic E-state index is 12.9. The predicted molar refractivity (Wildman–Crippen MR) is 44.8 cm³/mol. The number of benzene rings is 1. The second-order valence-electron chi connectivity index (χ2n) is 2.37. The summed E-state index contributed by atoms with van der Waals surface area (Å²) >= 11 is 3.09. The third kappa shape index (κ3) is 1.79. The van der Waals surface area contributed by atoms with Crippen LogP contribution >= 0.6 is 15.9 Å². The lowest BCUT2D eigenvalue weighted by atomic mass is 10.1. The molecule has 1 rings (SSSR count). The molecule has 0 unspecified atom stereocenters. The van der Waals surface area contributed by atoms with Gasteiger partial charge in [-0.1, -0.05) is 6.07 Å². The van der Waals surface area contributed by atoms with E-state index in [1.54, 1.807) is 13.0 Å². The minimum absolute atomic E-state index is 0.120. The lowest BCUT2D eigenvalue weighted by Crippen LogP contribution is -1.89. The molecule has 0 heterocycles. The quantitative estimate of drug-likeness (QED) is 0.768. The Labute approximate surface area is 73.0 Å². The van der Waals surface area contributed by atoms with Crippen LogP contribution in [0, 0.1) is 12.7 Å². The second kappa shape index (κ2) is 3.32. The van der Waals surface area contributed by atoms with E-state index in [-0.39, 0.29) is 12.4 Å². The molecule has 1 aromatic rings. The summed E-state index contributed by atoms with van der Waals surface area (Å²) in [5.74, 6) is -0.325. The van der Waals surface area contributed by atoms with Crippen LogP contribution in [0.2, 0.25) is 0 Å². The number of rotatable bonds is 1. The molecular formula is C8H8BrFO. The molecule has 1 aromatic carbocycles. The van der Waals surface area contributed by atoms with Crippen LogP contribution in [-0.4, -0.2) is 5.11 Å². The van der Waals surface area contributed by atoms with Gasteiger partial charge in [-0.15, -0.1) is 0 Å². The third-order valence-corrected chi connectivity index (χ3v) is 2.46. The highest BCUT2D eigenvalue weighted by Gasteiger charge is 2.03. The van der Waals surface area contributed by atoms with Crippen LogP contribution in [0.15, 0.2) is 16.6 Å². The van der Waals surface area contributed by atoms with Crippen molar-refractivity contribution in [2.24, 2.45) is 0 Å². The van der Waals surface area contributed by atoms with E-state index in [2.05, 4.69) is 15.9 Å². The van der Waals surface area contributed by atoms with Gasteiger partial charge in [0.05, 0.1) is 11.1 Å². The highest BCUT2D eigenvalue weighted by atomic mass is 79.9. The number of aliphatic hydroxyl groups is 1.